The Balaban J connectivity index is -0.000000116. The minimum absolute atomic E-state index is 0. The molecule has 2 aromatic rings. The van der Waals surface area contributed by atoms with Gasteiger partial charge in [0.15, 0.2) is 0 Å². The van der Waals surface area contributed by atoms with E-state index in [0.717, 1.165) is 6.42 Å². The van der Waals surface area contributed by atoms with Gasteiger partial charge in [-0.15, -0.1) is 67.8 Å². The van der Waals surface area contributed by atoms with Crippen molar-refractivity contribution in [1.82, 2.24) is 0 Å². The molecule has 122 valence electrons. The van der Waals surface area contributed by atoms with Crippen molar-refractivity contribution in [2.24, 2.45) is 0 Å². The monoisotopic (exact) mass is 428 g/mol. The first-order valence-corrected chi connectivity index (χ1v) is 10.1. The van der Waals surface area contributed by atoms with Gasteiger partial charge in [0, 0.05) is 0 Å². The van der Waals surface area contributed by atoms with Crippen molar-refractivity contribution >= 4 is 42.5 Å². The van der Waals surface area contributed by atoms with Crippen LogP contribution in [-0.4, -0.2) is 6.88 Å². The second kappa shape index (κ2) is 17.3. The molecule has 0 aliphatic heterocycles. The van der Waals surface area contributed by atoms with Crippen molar-refractivity contribution < 1.29 is 23.3 Å². The molecule has 0 amide bonds. The third-order valence-corrected chi connectivity index (χ3v) is 2.91. The summed E-state index contributed by atoms with van der Waals surface area (Å²) in [6, 6.07) is 14.7. The van der Waals surface area contributed by atoms with Crippen LogP contribution in [0.3, 0.4) is 0 Å². The molecular formula is C18H24Cl2SiZr-4. The third-order valence-electron chi connectivity index (χ3n) is 2.91. The molecule has 0 unspecified atom stereocenters. The van der Waals surface area contributed by atoms with E-state index in [1.165, 1.54) is 45.3 Å². The van der Waals surface area contributed by atoms with Crippen molar-refractivity contribution in [2.45, 2.75) is 20.3 Å². The van der Waals surface area contributed by atoms with E-state index < -0.39 is 0 Å². The largest absolute Gasteiger partial charge is 0.168 e. The topological polar surface area (TPSA) is 0 Å². The normalized spacial score (nSPS) is 10.4. The Morgan fingerprint density at radius 3 is 2.05 bits per heavy atom. The zero-order chi connectivity index (χ0) is 13.4. The molecular weight excluding hydrogens is 406 g/mol. The van der Waals surface area contributed by atoms with E-state index >= 15 is 0 Å². The second-order valence-electron chi connectivity index (χ2n) is 4.05. The maximum Gasteiger partial charge on any atom is -0.0809 e. The van der Waals surface area contributed by atoms with Crippen molar-refractivity contribution in [2.75, 3.05) is 0 Å². The predicted molar refractivity (Wildman–Crippen MR) is 103 cm³/mol. The third kappa shape index (κ3) is 9.90. The summed E-state index contributed by atoms with van der Waals surface area (Å²) in [6.07, 6.45) is 6.41. The average Bonchev–Trinajstić information content (AvgIpc) is 3.02. The molecule has 0 saturated heterocycles. The van der Waals surface area contributed by atoms with Crippen LogP contribution in [0.15, 0.2) is 59.7 Å². The summed E-state index contributed by atoms with van der Waals surface area (Å²) in [5.74, 6) is 0. The molecule has 22 heavy (non-hydrogen) atoms. The summed E-state index contributed by atoms with van der Waals surface area (Å²) >= 11 is 1.36. The van der Waals surface area contributed by atoms with Crippen LogP contribution in [0.2, 0.25) is 0 Å². The molecule has 0 aromatic heterocycles. The van der Waals surface area contributed by atoms with Gasteiger partial charge in [-0.05, 0) is 0 Å². The quantitative estimate of drug-likeness (QED) is 0.355. The van der Waals surface area contributed by atoms with Gasteiger partial charge in [0.25, 0.3) is 0 Å². The van der Waals surface area contributed by atoms with Crippen LogP contribution in [-0.2, 0) is 23.3 Å². The van der Waals surface area contributed by atoms with E-state index in [-0.39, 0.29) is 39.7 Å². The Morgan fingerprint density at radius 1 is 1.05 bits per heavy atom. The number of fused-ring (bicyclic) bond motifs is 1. The van der Waals surface area contributed by atoms with Gasteiger partial charge in [0.05, 0.1) is 0 Å². The summed E-state index contributed by atoms with van der Waals surface area (Å²) in [7, 11) is 0. The fourth-order valence-corrected chi connectivity index (χ4v) is 1.72. The number of rotatable bonds is 0. The summed E-state index contributed by atoms with van der Waals surface area (Å²) < 4.78 is 0. The molecule has 2 radical (unpaired) electrons. The number of hydrogen-bond acceptors (Lipinski definition) is 0. The standard InChI is InChI=1S/C9H7.C7H9.2CH3.2ClH.Si.Zr/c1-2-5-9-7-3-6-8(9)4-1;1-6-4-3-5-7(6)2;;;;;;/h1-7H;4H,3H2,1-2H3;2*1H3;2*1H;;/q4*-1;;;;. The van der Waals surface area contributed by atoms with E-state index in [4.69, 9.17) is 0 Å². The van der Waals surface area contributed by atoms with Gasteiger partial charge >= 0.3 is 30.2 Å². The first-order valence-electron chi connectivity index (χ1n) is 5.87. The molecule has 0 bridgehead atoms. The molecule has 0 fully saturated rings. The van der Waals surface area contributed by atoms with Gasteiger partial charge in [0.2, 0.25) is 0 Å². The van der Waals surface area contributed by atoms with Crippen LogP contribution in [0.1, 0.15) is 20.3 Å². The van der Waals surface area contributed by atoms with Crippen molar-refractivity contribution in [3.63, 3.8) is 0 Å². The Kier molecular flexibility index (Phi) is 23.6. The van der Waals surface area contributed by atoms with E-state index in [2.05, 4.69) is 75.3 Å². The van der Waals surface area contributed by atoms with E-state index in [1.54, 1.807) is 0 Å². The molecule has 0 saturated carbocycles. The maximum absolute atomic E-state index is 3.19. The van der Waals surface area contributed by atoms with Gasteiger partial charge in [-0.3, -0.25) is 6.08 Å². The Labute approximate surface area is 165 Å². The van der Waals surface area contributed by atoms with Gasteiger partial charge in [-0.25, -0.2) is 11.1 Å². The Bertz CT molecular complexity index is 513. The number of benzene rings is 1. The average molecular weight is 431 g/mol. The van der Waals surface area contributed by atoms with Gasteiger partial charge in [0.1, 0.15) is 0 Å². The van der Waals surface area contributed by atoms with Gasteiger partial charge < -0.3 is 14.9 Å². The second-order valence-corrected chi connectivity index (χ2v) is 4.05. The SMILES string of the molecule is CC1=[C-]CC=C1C.Cl.Cl.[CH3-].[CH3-].[Si]=[Zr].c1ccc2[cH-]ccc2c1. The predicted octanol–water partition coefficient (Wildman–Crippen LogP) is 6.01. The van der Waals surface area contributed by atoms with E-state index in [9.17, 15) is 0 Å². The number of hydrogen-bond donors (Lipinski definition) is 0. The minimum Gasteiger partial charge on any atom is -0.168 e. The summed E-state index contributed by atoms with van der Waals surface area (Å²) in [5, 5.41) is 2.66. The molecule has 1 aliphatic carbocycles. The molecule has 0 N–H and O–H groups in total. The first-order chi connectivity index (χ1) is 8.77. The first kappa shape index (κ1) is 29.9. The summed E-state index contributed by atoms with van der Waals surface area (Å²) in [5.41, 5.74) is 2.71. The smallest absolute Gasteiger partial charge is 0.0809 e. The van der Waals surface area contributed by atoms with E-state index in [0.29, 0.717) is 0 Å². The van der Waals surface area contributed by atoms with Gasteiger partial charge in [-0.1, -0.05) is 13.0 Å². The molecule has 3 rings (SSSR count). The zero-order valence-electron chi connectivity index (χ0n) is 13.6. The number of allylic oxidation sites excluding steroid dienone is 4. The zero-order valence-corrected chi connectivity index (χ0v) is 18.7. The Hall–Kier alpha value is -0.0100. The van der Waals surface area contributed by atoms with Crippen LogP contribution in [0.25, 0.3) is 10.8 Å². The van der Waals surface area contributed by atoms with Gasteiger partial charge in [-0.2, -0.15) is 23.6 Å². The van der Waals surface area contributed by atoms with Crippen LogP contribution in [0, 0.1) is 20.9 Å². The Morgan fingerprint density at radius 2 is 1.64 bits per heavy atom. The molecule has 0 nitrogen and oxygen atoms in total. The van der Waals surface area contributed by atoms with Crippen molar-refractivity contribution in [3.8, 4) is 0 Å². The fraction of sp³-hybridized carbons (Fsp3) is 0.167. The van der Waals surface area contributed by atoms with Crippen molar-refractivity contribution in [3.05, 3.63) is 80.6 Å². The molecule has 0 spiro atoms. The maximum atomic E-state index is 3.19. The fourth-order valence-electron chi connectivity index (χ4n) is 1.72. The van der Waals surface area contributed by atoms with Crippen LogP contribution in [0.4, 0.5) is 0 Å². The molecule has 0 atom stereocenters. The van der Waals surface area contributed by atoms with Crippen molar-refractivity contribution in [1.29, 1.82) is 0 Å². The summed E-state index contributed by atoms with van der Waals surface area (Å²) in [6.45, 7) is 7.28. The van der Waals surface area contributed by atoms with Crippen LogP contribution < -0.4 is 0 Å². The van der Waals surface area contributed by atoms with Crippen LogP contribution >= 0.6 is 24.8 Å². The number of halogens is 2. The van der Waals surface area contributed by atoms with E-state index in [1.807, 2.05) is 0 Å². The molecule has 4 heteroatoms. The van der Waals surface area contributed by atoms with Crippen LogP contribution in [0.5, 0.6) is 0 Å². The molecule has 2 aromatic carbocycles. The minimum atomic E-state index is 0. The molecule has 0 heterocycles. The summed E-state index contributed by atoms with van der Waals surface area (Å²) in [4.78, 5) is 0. The molecule has 1 aliphatic rings.